The van der Waals surface area contributed by atoms with E-state index in [2.05, 4.69) is 10.2 Å². The molecule has 0 aliphatic carbocycles. The molecule has 0 amide bonds. The van der Waals surface area contributed by atoms with Crippen LogP contribution in [-0.4, -0.2) is 30.1 Å². The van der Waals surface area contributed by atoms with Crippen LogP contribution in [0.5, 0.6) is 0 Å². The van der Waals surface area contributed by atoms with E-state index in [4.69, 9.17) is 9.84 Å². The van der Waals surface area contributed by atoms with Crippen molar-refractivity contribution in [3.05, 3.63) is 0 Å². The molecule has 4 nitrogen and oxygen atoms in total. The van der Waals surface area contributed by atoms with Gasteiger partial charge in [0.1, 0.15) is 0 Å². The van der Waals surface area contributed by atoms with Gasteiger partial charge in [-0.3, -0.25) is 0 Å². The minimum Gasteiger partial charge on any atom is -0.396 e. The van der Waals surface area contributed by atoms with Gasteiger partial charge in [-0.2, -0.15) is 10.2 Å². The number of azo groups is 1. The number of hydrogen-bond acceptors (Lipinski definition) is 4. The van der Waals surface area contributed by atoms with Crippen molar-refractivity contribution in [1.82, 2.24) is 0 Å². The highest BCUT2D eigenvalue weighted by molar-refractivity contribution is 4.74. The van der Waals surface area contributed by atoms with Gasteiger partial charge >= 0.3 is 0 Å². The van der Waals surface area contributed by atoms with Gasteiger partial charge in [-0.1, -0.05) is 0 Å². The van der Waals surface area contributed by atoms with Gasteiger partial charge in [-0.25, -0.2) is 0 Å². The van der Waals surface area contributed by atoms with E-state index in [-0.39, 0.29) is 12.1 Å². The zero-order valence-corrected chi connectivity index (χ0v) is 9.87. The van der Waals surface area contributed by atoms with Gasteiger partial charge in [0.05, 0.1) is 5.54 Å². The molecule has 1 atom stereocenters. The largest absolute Gasteiger partial charge is 0.396 e. The molecule has 0 fully saturated rings. The van der Waals surface area contributed by atoms with Crippen LogP contribution in [0.4, 0.5) is 0 Å². The van der Waals surface area contributed by atoms with Crippen LogP contribution in [0.3, 0.4) is 0 Å². The SMILES string of the molecule is COC(C)(CCCO)/N=N/C(C)(C)C. The summed E-state index contributed by atoms with van der Waals surface area (Å²) in [4.78, 5) is 0. The third kappa shape index (κ3) is 6.05. The van der Waals surface area contributed by atoms with Crippen molar-refractivity contribution in [3.8, 4) is 0 Å². The molecule has 1 unspecified atom stereocenters. The lowest BCUT2D eigenvalue weighted by molar-refractivity contribution is -0.00630. The first-order valence-corrected chi connectivity index (χ1v) is 4.93. The number of aliphatic hydroxyl groups is 1. The molecule has 0 aromatic heterocycles. The Morgan fingerprint density at radius 1 is 1.14 bits per heavy atom. The Balaban J connectivity index is 4.31. The van der Waals surface area contributed by atoms with Crippen LogP contribution in [0.15, 0.2) is 10.2 Å². The number of ether oxygens (including phenoxy) is 1. The molecule has 0 radical (unpaired) electrons. The molecule has 0 saturated carbocycles. The normalized spacial score (nSPS) is 17.3. The second-order valence-corrected chi connectivity index (χ2v) is 4.58. The molecule has 84 valence electrons. The Hall–Kier alpha value is -0.480. The molecular weight excluding hydrogens is 180 g/mol. The maximum atomic E-state index is 8.73. The number of methoxy groups -OCH3 is 1. The van der Waals surface area contributed by atoms with Gasteiger partial charge in [0.25, 0.3) is 0 Å². The molecule has 0 rings (SSSR count). The molecule has 0 aliphatic heterocycles. The van der Waals surface area contributed by atoms with Crippen LogP contribution in [0, 0.1) is 0 Å². The highest BCUT2D eigenvalue weighted by Crippen LogP contribution is 2.21. The quantitative estimate of drug-likeness (QED) is 0.696. The lowest BCUT2D eigenvalue weighted by Gasteiger charge is -2.23. The molecule has 14 heavy (non-hydrogen) atoms. The summed E-state index contributed by atoms with van der Waals surface area (Å²) in [6, 6.07) is 0. The molecule has 1 N–H and O–H groups in total. The molecule has 0 aromatic carbocycles. The monoisotopic (exact) mass is 202 g/mol. The van der Waals surface area contributed by atoms with Gasteiger partial charge in [-0.15, -0.1) is 0 Å². The maximum Gasteiger partial charge on any atom is 0.175 e. The van der Waals surface area contributed by atoms with Crippen LogP contribution in [0.25, 0.3) is 0 Å². The Morgan fingerprint density at radius 3 is 2.07 bits per heavy atom. The molecule has 0 bridgehead atoms. The molecule has 0 saturated heterocycles. The first-order chi connectivity index (χ1) is 6.33. The molecule has 0 spiro atoms. The van der Waals surface area contributed by atoms with E-state index >= 15 is 0 Å². The van der Waals surface area contributed by atoms with Gasteiger partial charge in [-0.05, 0) is 34.1 Å². The Bertz CT molecular complexity index is 187. The smallest absolute Gasteiger partial charge is 0.175 e. The van der Waals surface area contributed by atoms with E-state index in [1.165, 1.54) is 0 Å². The van der Waals surface area contributed by atoms with Crippen LogP contribution in [0.1, 0.15) is 40.5 Å². The topological polar surface area (TPSA) is 54.2 Å². The van der Waals surface area contributed by atoms with E-state index in [0.717, 1.165) is 0 Å². The molecule has 4 heteroatoms. The van der Waals surface area contributed by atoms with Crippen molar-refractivity contribution < 1.29 is 9.84 Å². The Morgan fingerprint density at radius 2 is 1.71 bits per heavy atom. The lowest BCUT2D eigenvalue weighted by Crippen LogP contribution is -2.25. The molecule has 0 aromatic rings. The third-order valence-electron chi connectivity index (χ3n) is 1.80. The third-order valence-corrected chi connectivity index (χ3v) is 1.80. The summed E-state index contributed by atoms with van der Waals surface area (Å²) in [6.07, 6.45) is 1.35. The van der Waals surface area contributed by atoms with E-state index in [1.807, 2.05) is 27.7 Å². The van der Waals surface area contributed by atoms with Crippen LogP contribution in [0.2, 0.25) is 0 Å². The van der Waals surface area contributed by atoms with E-state index < -0.39 is 5.72 Å². The predicted octanol–water partition coefficient (Wildman–Crippen LogP) is 2.37. The number of rotatable bonds is 5. The fourth-order valence-electron chi connectivity index (χ4n) is 0.856. The van der Waals surface area contributed by atoms with Crippen molar-refractivity contribution in [2.24, 2.45) is 10.2 Å². The summed E-state index contributed by atoms with van der Waals surface area (Å²) in [5, 5.41) is 17.1. The summed E-state index contributed by atoms with van der Waals surface area (Å²) >= 11 is 0. The predicted molar refractivity (Wildman–Crippen MR) is 56.3 cm³/mol. The second-order valence-electron chi connectivity index (χ2n) is 4.58. The lowest BCUT2D eigenvalue weighted by atomic mass is 10.1. The van der Waals surface area contributed by atoms with Crippen LogP contribution >= 0.6 is 0 Å². The van der Waals surface area contributed by atoms with E-state index in [0.29, 0.717) is 12.8 Å². The minimum atomic E-state index is -0.601. The average Bonchev–Trinajstić information content (AvgIpc) is 2.10. The summed E-state index contributed by atoms with van der Waals surface area (Å²) < 4.78 is 5.26. The zero-order chi connectivity index (χ0) is 11.2. The second kappa shape index (κ2) is 5.41. The van der Waals surface area contributed by atoms with E-state index in [9.17, 15) is 0 Å². The van der Waals surface area contributed by atoms with Crippen LogP contribution < -0.4 is 0 Å². The van der Waals surface area contributed by atoms with E-state index in [1.54, 1.807) is 7.11 Å². The first-order valence-electron chi connectivity index (χ1n) is 4.93. The van der Waals surface area contributed by atoms with Crippen molar-refractivity contribution in [1.29, 1.82) is 0 Å². The molecular formula is C10H22N2O2. The van der Waals surface area contributed by atoms with Crippen molar-refractivity contribution in [2.45, 2.75) is 51.8 Å². The minimum absolute atomic E-state index is 0.157. The van der Waals surface area contributed by atoms with Gasteiger partial charge in [0, 0.05) is 20.1 Å². The van der Waals surface area contributed by atoms with Gasteiger partial charge in [0.15, 0.2) is 5.72 Å². The van der Waals surface area contributed by atoms with Crippen molar-refractivity contribution >= 4 is 0 Å². The summed E-state index contributed by atoms with van der Waals surface area (Å²) in [5.41, 5.74) is -0.783. The molecule has 0 heterocycles. The maximum absolute atomic E-state index is 8.73. The fraction of sp³-hybridized carbons (Fsp3) is 1.00. The summed E-state index contributed by atoms with van der Waals surface area (Å²) in [6.45, 7) is 7.98. The molecule has 0 aliphatic rings. The number of nitrogens with zero attached hydrogens (tertiary/aromatic N) is 2. The average molecular weight is 202 g/mol. The highest BCUT2D eigenvalue weighted by atomic mass is 16.5. The first kappa shape index (κ1) is 13.5. The van der Waals surface area contributed by atoms with Crippen molar-refractivity contribution in [3.63, 3.8) is 0 Å². The summed E-state index contributed by atoms with van der Waals surface area (Å²) in [5.74, 6) is 0. The zero-order valence-electron chi connectivity index (χ0n) is 9.87. The Labute approximate surface area is 86.4 Å². The highest BCUT2D eigenvalue weighted by Gasteiger charge is 2.23. The number of aliphatic hydroxyl groups excluding tert-OH is 1. The number of hydrogen-bond donors (Lipinski definition) is 1. The summed E-state index contributed by atoms with van der Waals surface area (Å²) in [7, 11) is 1.61. The Kier molecular flexibility index (Phi) is 5.23. The van der Waals surface area contributed by atoms with Crippen LogP contribution in [-0.2, 0) is 4.74 Å². The standard InChI is InChI=1S/C10H22N2O2/c1-9(2,3)11-12-10(4,14-5)7-6-8-13/h13H,6-8H2,1-5H3/b12-11+. The van der Waals surface area contributed by atoms with Gasteiger partial charge in [0.2, 0.25) is 0 Å². The van der Waals surface area contributed by atoms with Gasteiger partial charge < -0.3 is 9.84 Å². The van der Waals surface area contributed by atoms with Crippen molar-refractivity contribution in [2.75, 3.05) is 13.7 Å². The fourth-order valence-corrected chi connectivity index (χ4v) is 0.856.